The van der Waals surface area contributed by atoms with Crippen LogP contribution < -0.4 is 5.32 Å². The number of nitrogens with one attached hydrogen (secondary N) is 1. The van der Waals surface area contributed by atoms with Gasteiger partial charge in [-0.05, 0) is 62.4 Å². The zero-order chi connectivity index (χ0) is 20.1. The number of hydrogen-bond donors (Lipinski definition) is 1. The second kappa shape index (κ2) is 9.11. The number of furan rings is 1. The molecule has 1 aliphatic rings. The molecule has 8 heteroatoms. The van der Waals surface area contributed by atoms with E-state index in [2.05, 4.69) is 5.32 Å². The van der Waals surface area contributed by atoms with E-state index in [4.69, 9.17) is 16.0 Å². The normalized spacial score (nSPS) is 16.2. The van der Waals surface area contributed by atoms with E-state index in [1.54, 1.807) is 31.2 Å². The molecule has 3 rings (SSSR count). The Bertz CT molecular complexity index is 901. The number of alkyl halides is 1. The lowest BCUT2D eigenvalue weighted by Gasteiger charge is -2.31. The Morgan fingerprint density at radius 2 is 1.86 bits per heavy atom. The number of benzene rings is 1. The Morgan fingerprint density at radius 1 is 1.18 bits per heavy atom. The number of carbonyl (C=O) groups is 1. The second-order valence-corrected chi connectivity index (χ2v) is 9.31. The lowest BCUT2D eigenvalue weighted by molar-refractivity contribution is 0.0894. The number of rotatable bonds is 7. The Kier molecular flexibility index (Phi) is 6.80. The highest BCUT2D eigenvalue weighted by Gasteiger charge is 2.30. The summed E-state index contributed by atoms with van der Waals surface area (Å²) in [4.78, 5) is 12.5. The molecule has 1 aliphatic heterocycles. The highest BCUT2D eigenvalue weighted by molar-refractivity contribution is 7.89. The van der Waals surface area contributed by atoms with Crippen molar-refractivity contribution in [3.63, 3.8) is 0 Å². The van der Waals surface area contributed by atoms with Gasteiger partial charge in [0.1, 0.15) is 5.76 Å². The van der Waals surface area contributed by atoms with Gasteiger partial charge in [-0.25, -0.2) is 8.42 Å². The molecule has 28 heavy (non-hydrogen) atoms. The Balaban J connectivity index is 1.56. The molecule has 0 atom stereocenters. The summed E-state index contributed by atoms with van der Waals surface area (Å²) in [6.45, 7) is 2.53. The minimum atomic E-state index is -3.52. The molecule has 1 saturated heterocycles. The number of carbonyl (C=O) groups excluding carboxylic acids is 1. The molecule has 6 nitrogen and oxygen atoms in total. The van der Waals surface area contributed by atoms with Gasteiger partial charge in [-0.1, -0.05) is 12.1 Å². The summed E-state index contributed by atoms with van der Waals surface area (Å²) < 4.78 is 32.6. The third-order valence-corrected chi connectivity index (χ3v) is 7.09. The lowest BCUT2D eigenvalue weighted by atomic mass is 10.1. The van der Waals surface area contributed by atoms with Crippen LogP contribution in [0.25, 0.3) is 0 Å². The molecule has 1 fully saturated rings. The van der Waals surface area contributed by atoms with Crippen LogP contribution in [0.15, 0.2) is 45.7 Å². The molecule has 1 N–H and O–H groups in total. The summed E-state index contributed by atoms with van der Waals surface area (Å²) in [6.07, 6.45) is 2.84. The van der Waals surface area contributed by atoms with Gasteiger partial charge in [0.25, 0.3) is 5.91 Å². The topological polar surface area (TPSA) is 79.6 Å². The van der Waals surface area contributed by atoms with Crippen LogP contribution in [0.2, 0.25) is 0 Å². The summed E-state index contributed by atoms with van der Waals surface area (Å²) >= 11 is 5.70. The smallest absolute Gasteiger partial charge is 0.287 e. The first-order valence-corrected chi connectivity index (χ1v) is 11.4. The molecule has 152 valence electrons. The summed E-state index contributed by atoms with van der Waals surface area (Å²) in [6, 6.07) is 10.3. The molecule has 0 spiro atoms. The lowest BCUT2D eigenvalue weighted by Crippen LogP contribution is -2.46. The Labute approximate surface area is 170 Å². The number of sulfonamides is 1. The molecule has 2 heterocycles. The first-order chi connectivity index (χ1) is 13.4. The Morgan fingerprint density at radius 3 is 2.43 bits per heavy atom. The molecular weight excluding hydrogens is 400 g/mol. The van der Waals surface area contributed by atoms with Crippen LogP contribution >= 0.6 is 11.6 Å². The van der Waals surface area contributed by atoms with E-state index in [9.17, 15) is 13.2 Å². The largest absolute Gasteiger partial charge is 0.456 e. The molecule has 0 saturated carbocycles. The van der Waals surface area contributed by atoms with Crippen molar-refractivity contribution in [2.75, 3.05) is 19.0 Å². The van der Waals surface area contributed by atoms with Crippen molar-refractivity contribution in [1.29, 1.82) is 0 Å². The van der Waals surface area contributed by atoms with Crippen LogP contribution in [0, 0.1) is 6.92 Å². The van der Waals surface area contributed by atoms with Crippen molar-refractivity contribution in [2.24, 2.45) is 0 Å². The molecule has 0 radical (unpaired) electrons. The highest BCUT2D eigenvalue weighted by Crippen LogP contribution is 2.22. The molecule has 0 unspecified atom stereocenters. The second-order valence-electron chi connectivity index (χ2n) is 7.00. The van der Waals surface area contributed by atoms with E-state index in [0.717, 1.165) is 18.4 Å². The summed E-state index contributed by atoms with van der Waals surface area (Å²) in [5.41, 5.74) is 1.08. The van der Waals surface area contributed by atoms with E-state index in [1.807, 2.05) is 12.1 Å². The number of hydrogen-bond acceptors (Lipinski definition) is 4. The van der Waals surface area contributed by atoms with E-state index in [1.165, 1.54) is 4.31 Å². The van der Waals surface area contributed by atoms with Crippen molar-refractivity contribution in [3.8, 4) is 0 Å². The van der Waals surface area contributed by atoms with Gasteiger partial charge in [0.05, 0.1) is 4.90 Å². The third-order valence-electron chi connectivity index (χ3n) is 4.91. The third kappa shape index (κ3) is 4.96. The summed E-state index contributed by atoms with van der Waals surface area (Å²) in [7, 11) is -3.52. The standard InChI is InChI=1S/C20H25ClN2O4S/c1-15-4-9-19(27-15)20(24)22-17-10-13-23(14-11-17)28(25,26)18-7-5-16(6-8-18)3-2-12-21/h4-9,17H,2-3,10-14H2,1H3,(H,22,24). The zero-order valence-electron chi connectivity index (χ0n) is 15.9. The summed E-state index contributed by atoms with van der Waals surface area (Å²) in [5.74, 6) is 1.29. The SMILES string of the molecule is Cc1ccc(C(=O)NC2CCN(S(=O)(=O)c3ccc(CCCCl)cc3)CC2)o1. The van der Waals surface area contributed by atoms with E-state index < -0.39 is 10.0 Å². The van der Waals surface area contributed by atoms with E-state index in [-0.39, 0.29) is 17.7 Å². The quantitative estimate of drug-likeness (QED) is 0.691. The predicted octanol–water partition coefficient (Wildman–Crippen LogP) is 3.34. The van der Waals surface area contributed by atoms with Gasteiger partial charge in [0.2, 0.25) is 10.0 Å². The van der Waals surface area contributed by atoms with Crippen LogP contribution in [0.5, 0.6) is 0 Å². The monoisotopic (exact) mass is 424 g/mol. The van der Waals surface area contributed by atoms with Crippen molar-refractivity contribution in [2.45, 2.75) is 43.5 Å². The average molecular weight is 425 g/mol. The minimum Gasteiger partial charge on any atom is -0.456 e. The fraction of sp³-hybridized carbons (Fsp3) is 0.450. The predicted molar refractivity (Wildman–Crippen MR) is 108 cm³/mol. The van der Waals surface area contributed by atoms with Crippen LogP contribution in [-0.4, -0.2) is 43.6 Å². The van der Waals surface area contributed by atoms with Crippen LogP contribution in [0.1, 0.15) is 41.1 Å². The average Bonchev–Trinajstić information content (AvgIpc) is 3.14. The molecule has 2 aromatic rings. The first-order valence-electron chi connectivity index (χ1n) is 9.42. The first kappa shape index (κ1) is 20.9. The van der Waals surface area contributed by atoms with Gasteiger partial charge in [0.15, 0.2) is 5.76 Å². The van der Waals surface area contributed by atoms with Gasteiger partial charge in [-0.2, -0.15) is 4.31 Å². The molecule has 1 aromatic carbocycles. The molecular formula is C20H25ClN2O4S. The van der Waals surface area contributed by atoms with Crippen LogP contribution in [0.4, 0.5) is 0 Å². The minimum absolute atomic E-state index is 0.0673. The number of nitrogens with zero attached hydrogens (tertiary/aromatic N) is 1. The maximum Gasteiger partial charge on any atom is 0.287 e. The fourth-order valence-corrected chi connectivity index (χ4v) is 4.91. The fourth-order valence-electron chi connectivity index (χ4n) is 3.30. The Hall–Kier alpha value is -1.83. The van der Waals surface area contributed by atoms with Crippen LogP contribution in [0.3, 0.4) is 0 Å². The maximum absolute atomic E-state index is 12.9. The maximum atomic E-state index is 12.9. The molecule has 0 bridgehead atoms. The van der Waals surface area contributed by atoms with Gasteiger partial charge in [0, 0.05) is 25.0 Å². The van der Waals surface area contributed by atoms with Crippen molar-refractivity contribution < 1.29 is 17.6 Å². The van der Waals surface area contributed by atoms with Gasteiger partial charge in [-0.3, -0.25) is 4.79 Å². The van der Waals surface area contributed by atoms with Gasteiger partial charge >= 0.3 is 0 Å². The van der Waals surface area contributed by atoms with Gasteiger partial charge < -0.3 is 9.73 Å². The van der Waals surface area contributed by atoms with Crippen LogP contribution in [-0.2, 0) is 16.4 Å². The molecule has 0 aliphatic carbocycles. The van der Waals surface area contributed by atoms with Crippen molar-refractivity contribution in [3.05, 3.63) is 53.5 Å². The molecule has 1 aromatic heterocycles. The zero-order valence-corrected chi connectivity index (χ0v) is 17.4. The number of halogens is 1. The van der Waals surface area contributed by atoms with Crippen molar-refractivity contribution in [1.82, 2.24) is 9.62 Å². The van der Waals surface area contributed by atoms with E-state index >= 15 is 0 Å². The van der Waals surface area contributed by atoms with E-state index in [0.29, 0.717) is 42.5 Å². The van der Waals surface area contributed by atoms with Gasteiger partial charge in [-0.15, -0.1) is 11.6 Å². The summed E-state index contributed by atoms with van der Waals surface area (Å²) in [5, 5.41) is 2.92. The molecule has 1 amide bonds. The highest BCUT2D eigenvalue weighted by atomic mass is 35.5. The van der Waals surface area contributed by atoms with Crippen molar-refractivity contribution >= 4 is 27.5 Å². The number of aryl methyl sites for hydroxylation is 2. The number of piperidine rings is 1. The number of amides is 1.